The van der Waals surface area contributed by atoms with Crippen molar-refractivity contribution < 1.29 is 17.7 Å². The van der Waals surface area contributed by atoms with E-state index in [1.54, 1.807) is 0 Å². The summed E-state index contributed by atoms with van der Waals surface area (Å²) in [4.78, 5) is 0. The van der Waals surface area contributed by atoms with E-state index < -0.39 is 0 Å². The smallest absolute Gasteiger partial charge is 0.143 e. The minimum atomic E-state index is 0.839. The van der Waals surface area contributed by atoms with E-state index in [4.69, 9.17) is 17.7 Å². The van der Waals surface area contributed by atoms with Crippen LogP contribution in [0, 0.1) is 0 Å². The summed E-state index contributed by atoms with van der Waals surface area (Å²) in [5, 5.41) is 33.0. The van der Waals surface area contributed by atoms with E-state index in [1.165, 1.54) is 108 Å². The predicted molar refractivity (Wildman–Crippen MR) is 471 cm³/mol. The Bertz CT molecular complexity index is 8480. The quantitative estimate of drug-likeness (QED) is 0.118. The topological polar surface area (TPSA) is 52.6 Å². The van der Waals surface area contributed by atoms with Gasteiger partial charge in [0.1, 0.15) is 44.7 Å². The second kappa shape index (κ2) is 22.4. The fraction of sp³-hybridized carbons (Fsp3) is 0. The molecule has 0 aliphatic carbocycles. The minimum absolute atomic E-state index is 0.839. The Morgan fingerprint density at radius 1 is 0.134 bits per heavy atom. The zero-order valence-corrected chi connectivity index (χ0v) is 60.1. The van der Waals surface area contributed by atoms with Crippen molar-refractivity contribution in [3.8, 4) is 77.9 Å². The molecule has 0 atom stereocenters. The largest absolute Gasteiger partial charge is 0.456 e. The summed E-state index contributed by atoms with van der Waals surface area (Å²) in [7, 11) is 0. The number of hydrogen-bond donors (Lipinski definition) is 0. The summed E-state index contributed by atoms with van der Waals surface area (Å²) < 4.78 is 27.4. The lowest BCUT2D eigenvalue weighted by Gasteiger charge is -2.21. The molecule has 4 nitrogen and oxygen atoms in total. The standard InChI is InChI=1S/C108H58O4/c1-4-37-95-73(20-1)76-47-44-63(55-99(76)109-95)69-23-10-29-78-88(69)57-89-70(24-11-30-79(89)105(78)93-53-65-19-7-16-59-40-41-60-17-8-27-82(93)103(60)101(59)65)64-45-48-77-92-52-62(46-49-98(92)110-100(77)56-64)67-50-66-43-42-61-18-9-28-83-94(54-68(51-67)102(66)104(61)83)106-80-31-12-25-71(84-33-14-35-86-74-21-2-5-38-96(74)111-107(84)86)90(80)58-91-72(26-13-32-81(91)106)85-34-15-36-87-75-22-3-6-39-97(75)112-108(85)87/h1-58H. The van der Waals surface area contributed by atoms with Crippen molar-refractivity contribution in [3.05, 3.63) is 352 Å². The van der Waals surface area contributed by atoms with Gasteiger partial charge in [-0.05, 0) is 265 Å². The number of rotatable bonds is 7. The van der Waals surface area contributed by atoms with Gasteiger partial charge < -0.3 is 17.7 Å². The molecule has 4 heteroatoms. The molecular formula is C108H58O4. The van der Waals surface area contributed by atoms with Crippen LogP contribution in [0.4, 0.5) is 0 Å². The molecule has 0 radical (unpaired) electrons. The number of benzene rings is 22. The van der Waals surface area contributed by atoms with Crippen molar-refractivity contribution in [3.63, 3.8) is 0 Å². The third kappa shape index (κ3) is 8.39. The second-order valence-corrected chi connectivity index (χ2v) is 30.7. The third-order valence-electron chi connectivity index (χ3n) is 24.9. The first kappa shape index (κ1) is 60.2. The van der Waals surface area contributed by atoms with Gasteiger partial charge in [0.25, 0.3) is 0 Å². The van der Waals surface area contributed by atoms with Crippen LogP contribution in [0.25, 0.3) is 273 Å². The van der Waals surface area contributed by atoms with Crippen LogP contribution < -0.4 is 0 Å². The van der Waals surface area contributed by atoms with Crippen LogP contribution in [-0.4, -0.2) is 0 Å². The molecule has 0 saturated heterocycles. The van der Waals surface area contributed by atoms with E-state index in [9.17, 15) is 0 Å². The molecule has 22 aromatic carbocycles. The molecule has 514 valence electrons. The second-order valence-electron chi connectivity index (χ2n) is 30.7. The normalized spacial score (nSPS) is 12.5. The maximum Gasteiger partial charge on any atom is 0.143 e. The molecule has 26 aromatic rings. The molecule has 0 amide bonds. The summed E-state index contributed by atoms with van der Waals surface area (Å²) in [6, 6.07) is 130. The van der Waals surface area contributed by atoms with Crippen LogP contribution in [0.2, 0.25) is 0 Å². The molecule has 0 unspecified atom stereocenters. The summed E-state index contributed by atoms with van der Waals surface area (Å²) in [5.74, 6) is 0. The van der Waals surface area contributed by atoms with Crippen LogP contribution in [0.3, 0.4) is 0 Å². The highest BCUT2D eigenvalue weighted by Crippen LogP contribution is 2.53. The minimum Gasteiger partial charge on any atom is -0.456 e. The zero-order chi connectivity index (χ0) is 72.7. The molecule has 0 aliphatic heterocycles. The van der Waals surface area contributed by atoms with E-state index in [-0.39, 0.29) is 0 Å². The summed E-state index contributed by atoms with van der Waals surface area (Å²) in [6.45, 7) is 0. The molecular weight excluding hydrogens is 1360 g/mol. The number of fused-ring (bicyclic) bond motifs is 16. The van der Waals surface area contributed by atoms with Gasteiger partial charge in [0.05, 0.1) is 0 Å². The van der Waals surface area contributed by atoms with Gasteiger partial charge in [-0.25, -0.2) is 0 Å². The highest BCUT2D eigenvalue weighted by Gasteiger charge is 2.27. The lowest BCUT2D eigenvalue weighted by molar-refractivity contribution is 0.668. The third-order valence-corrected chi connectivity index (χ3v) is 24.9. The van der Waals surface area contributed by atoms with Gasteiger partial charge >= 0.3 is 0 Å². The Hall–Kier alpha value is -14.8. The lowest BCUT2D eigenvalue weighted by atomic mass is 9.82. The summed E-state index contributed by atoms with van der Waals surface area (Å²) in [5.41, 5.74) is 22.8. The summed E-state index contributed by atoms with van der Waals surface area (Å²) >= 11 is 0. The Morgan fingerprint density at radius 2 is 0.482 bits per heavy atom. The van der Waals surface area contributed by atoms with E-state index in [0.717, 1.165) is 165 Å². The Balaban J connectivity index is 0.656. The molecule has 0 saturated carbocycles. The van der Waals surface area contributed by atoms with Gasteiger partial charge in [-0.15, -0.1) is 0 Å². The Morgan fingerprint density at radius 3 is 1.03 bits per heavy atom. The predicted octanol–water partition coefficient (Wildman–Crippen LogP) is 31.4. The number of para-hydroxylation sites is 5. The fourth-order valence-corrected chi connectivity index (χ4v) is 20.0. The lowest BCUT2D eigenvalue weighted by Crippen LogP contribution is -1.93. The average Bonchev–Trinajstić information content (AvgIpc) is 0.984. The molecule has 0 spiro atoms. The van der Waals surface area contributed by atoms with Crippen molar-refractivity contribution in [1.29, 1.82) is 0 Å². The highest BCUT2D eigenvalue weighted by molar-refractivity contribution is 6.33. The first-order chi connectivity index (χ1) is 55.5. The molecule has 4 heterocycles. The van der Waals surface area contributed by atoms with Gasteiger partial charge in [-0.3, -0.25) is 0 Å². The molecule has 0 N–H and O–H groups in total. The Kier molecular flexibility index (Phi) is 12.0. The van der Waals surface area contributed by atoms with Gasteiger partial charge in [-0.1, -0.05) is 261 Å². The number of hydrogen-bond acceptors (Lipinski definition) is 4. The first-order valence-electron chi connectivity index (χ1n) is 38.6. The van der Waals surface area contributed by atoms with Crippen molar-refractivity contribution in [2.75, 3.05) is 0 Å². The van der Waals surface area contributed by atoms with Gasteiger partial charge in [0.15, 0.2) is 0 Å². The monoisotopic (exact) mass is 1420 g/mol. The van der Waals surface area contributed by atoms with E-state index in [0.29, 0.717) is 0 Å². The first-order valence-corrected chi connectivity index (χ1v) is 38.6. The zero-order valence-electron chi connectivity index (χ0n) is 60.1. The molecule has 26 rings (SSSR count). The van der Waals surface area contributed by atoms with Crippen LogP contribution in [-0.2, 0) is 0 Å². The van der Waals surface area contributed by atoms with Crippen molar-refractivity contribution in [2.45, 2.75) is 0 Å². The number of furan rings is 4. The van der Waals surface area contributed by atoms with Crippen molar-refractivity contribution in [1.82, 2.24) is 0 Å². The van der Waals surface area contributed by atoms with Crippen molar-refractivity contribution >= 4 is 195 Å². The van der Waals surface area contributed by atoms with Gasteiger partial charge in [0, 0.05) is 54.2 Å². The van der Waals surface area contributed by atoms with Crippen LogP contribution in [0.15, 0.2) is 370 Å². The van der Waals surface area contributed by atoms with Crippen LogP contribution in [0.5, 0.6) is 0 Å². The molecule has 0 bridgehead atoms. The van der Waals surface area contributed by atoms with E-state index >= 15 is 0 Å². The van der Waals surface area contributed by atoms with Crippen molar-refractivity contribution in [2.24, 2.45) is 0 Å². The molecule has 4 aromatic heterocycles. The molecule has 112 heavy (non-hydrogen) atoms. The SMILES string of the molecule is c1cc2ccc3cccc4c(-c5c6cccc(-c7ccc8c(c7)oc7ccccc78)c6cc6c(-c7ccc8c(c7)oc7ccc(-c9cc%10ccc%11cccc%12c(-c%13c%14cccc(-c%15cccc%16c%15oc%15ccccc%15%16)c%14cc%14c(-c%15cccc%16c%15oc%15ccccc%15%16)cccc%13%14)cc(c9)c%10c%11%12)cc78)cccc56)cc(c1)c2c34. The average molecular weight is 1420 g/mol. The molecule has 0 aliphatic rings. The Labute approximate surface area is 638 Å². The van der Waals surface area contributed by atoms with E-state index in [1.807, 2.05) is 6.07 Å². The maximum absolute atomic E-state index is 7.04. The van der Waals surface area contributed by atoms with Gasteiger partial charge in [0.2, 0.25) is 0 Å². The van der Waals surface area contributed by atoms with Crippen LogP contribution in [0.1, 0.15) is 0 Å². The van der Waals surface area contributed by atoms with Gasteiger partial charge in [-0.2, -0.15) is 0 Å². The van der Waals surface area contributed by atoms with Crippen LogP contribution >= 0.6 is 0 Å². The fourth-order valence-electron chi connectivity index (χ4n) is 20.0. The molecule has 0 fully saturated rings. The highest BCUT2D eigenvalue weighted by atomic mass is 16.3. The van der Waals surface area contributed by atoms with E-state index in [2.05, 4.69) is 346 Å². The summed E-state index contributed by atoms with van der Waals surface area (Å²) in [6.07, 6.45) is 0. The maximum atomic E-state index is 7.04.